The summed E-state index contributed by atoms with van der Waals surface area (Å²) in [7, 11) is 1.56. The van der Waals surface area contributed by atoms with Crippen LogP contribution < -0.4 is 20.5 Å². The van der Waals surface area contributed by atoms with E-state index in [1.807, 2.05) is 13.8 Å². The molecule has 0 unspecified atom stereocenters. The summed E-state index contributed by atoms with van der Waals surface area (Å²) in [6, 6.07) is 6.70. The Balaban J connectivity index is 1.82. The van der Waals surface area contributed by atoms with E-state index in [-0.39, 0.29) is 30.2 Å². The Morgan fingerprint density at radius 2 is 2.00 bits per heavy atom. The van der Waals surface area contributed by atoms with Crippen molar-refractivity contribution in [2.45, 2.75) is 31.3 Å². The van der Waals surface area contributed by atoms with Gasteiger partial charge in [0.25, 0.3) is 5.56 Å². The zero-order valence-corrected chi connectivity index (χ0v) is 16.1. The maximum Gasteiger partial charge on any atom is 0.292 e. The molecule has 27 heavy (non-hydrogen) atoms. The summed E-state index contributed by atoms with van der Waals surface area (Å²) in [5.41, 5.74) is 0.423. The molecule has 8 nitrogen and oxygen atoms in total. The molecule has 9 heteroatoms. The lowest BCUT2D eigenvalue weighted by Crippen LogP contribution is -2.45. The normalized spacial score (nSPS) is 13.5. The van der Waals surface area contributed by atoms with E-state index in [1.54, 1.807) is 31.4 Å². The van der Waals surface area contributed by atoms with Gasteiger partial charge in [0.15, 0.2) is 0 Å². The molecule has 0 atom stereocenters. The van der Waals surface area contributed by atoms with E-state index in [9.17, 15) is 14.4 Å². The Kier molecular flexibility index (Phi) is 5.50. The average molecular weight is 388 g/mol. The third-order valence-electron chi connectivity index (χ3n) is 4.03. The highest BCUT2D eigenvalue weighted by atomic mass is 32.2. The zero-order valence-electron chi connectivity index (χ0n) is 15.3. The van der Waals surface area contributed by atoms with Crippen molar-refractivity contribution in [3.8, 4) is 5.75 Å². The minimum Gasteiger partial charge on any atom is -0.497 e. The number of fused-ring (bicyclic) bond motifs is 1. The van der Waals surface area contributed by atoms with Gasteiger partial charge in [0.2, 0.25) is 11.8 Å². The summed E-state index contributed by atoms with van der Waals surface area (Å²) < 4.78 is 6.15. The second-order valence-corrected chi connectivity index (χ2v) is 7.26. The molecule has 2 heterocycles. The van der Waals surface area contributed by atoms with Crippen molar-refractivity contribution in [2.75, 3.05) is 23.1 Å². The summed E-state index contributed by atoms with van der Waals surface area (Å²) >= 11 is 1.29. The molecule has 0 aliphatic carbocycles. The number of carbonyl (C=O) groups is 2. The molecule has 0 saturated carbocycles. The summed E-state index contributed by atoms with van der Waals surface area (Å²) in [5.74, 6) is 0.436. The third kappa shape index (κ3) is 3.97. The number of methoxy groups -OCH3 is 1. The number of rotatable bonds is 5. The van der Waals surface area contributed by atoms with Gasteiger partial charge in [-0.2, -0.15) is 5.10 Å². The van der Waals surface area contributed by atoms with E-state index in [0.29, 0.717) is 22.0 Å². The van der Waals surface area contributed by atoms with Gasteiger partial charge in [-0.3, -0.25) is 14.4 Å². The molecule has 142 valence electrons. The van der Waals surface area contributed by atoms with E-state index < -0.39 is 5.56 Å². The Hall–Kier alpha value is -2.81. The maximum atomic E-state index is 12.8. The van der Waals surface area contributed by atoms with Crippen LogP contribution >= 0.6 is 11.8 Å². The molecular formula is C18H20N4O4S. The van der Waals surface area contributed by atoms with E-state index in [0.717, 1.165) is 4.68 Å². The Morgan fingerprint density at radius 3 is 2.63 bits per heavy atom. The molecule has 1 aliphatic rings. The molecule has 1 aliphatic heterocycles. The lowest BCUT2D eigenvalue weighted by Gasteiger charge is -2.31. The number of aromatic nitrogens is 2. The first-order valence-electron chi connectivity index (χ1n) is 8.39. The van der Waals surface area contributed by atoms with Gasteiger partial charge in [0.05, 0.1) is 24.0 Å². The van der Waals surface area contributed by atoms with Gasteiger partial charge >= 0.3 is 0 Å². The van der Waals surface area contributed by atoms with Crippen LogP contribution in [0.15, 0.2) is 40.2 Å². The van der Waals surface area contributed by atoms with Crippen LogP contribution in [0.4, 0.5) is 11.4 Å². The number of hydrogen-bond acceptors (Lipinski definition) is 6. The van der Waals surface area contributed by atoms with Gasteiger partial charge < -0.3 is 15.0 Å². The average Bonchev–Trinajstić information content (AvgIpc) is 2.64. The van der Waals surface area contributed by atoms with Gasteiger partial charge in [0, 0.05) is 11.7 Å². The summed E-state index contributed by atoms with van der Waals surface area (Å²) in [4.78, 5) is 39.5. The maximum absolute atomic E-state index is 12.8. The fourth-order valence-corrected chi connectivity index (χ4v) is 3.66. The number of nitrogens with zero attached hydrogens (tertiary/aromatic N) is 3. The van der Waals surface area contributed by atoms with Gasteiger partial charge in [0.1, 0.15) is 18.0 Å². The molecular weight excluding hydrogens is 368 g/mol. The largest absolute Gasteiger partial charge is 0.497 e. The van der Waals surface area contributed by atoms with Crippen LogP contribution in [-0.2, 0) is 16.1 Å². The number of amides is 2. The van der Waals surface area contributed by atoms with Gasteiger partial charge in [-0.1, -0.05) is 0 Å². The fourth-order valence-electron chi connectivity index (χ4n) is 2.79. The van der Waals surface area contributed by atoms with E-state index in [4.69, 9.17) is 4.74 Å². The lowest BCUT2D eigenvalue weighted by molar-refractivity contribution is -0.117. The molecule has 0 bridgehead atoms. The van der Waals surface area contributed by atoms with Gasteiger partial charge in [-0.25, -0.2) is 4.68 Å². The fraction of sp³-hybridized carbons (Fsp3) is 0.333. The molecule has 0 saturated heterocycles. The summed E-state index contributed by atoms with van der Waals surface area (Å²) in [6.45, 7) is 3.44. The first-order chi connectivity index (χ1) is 12.9. The highest BCUT2D eigenvalue weighted by molar-refractivity contribution is 8.00. The molecule has 1 aromatic heterocycles. The highest BCUT2D eigenvalue weighted by Gasteiger charge is 2.30. The molecule has 3 rings (SSSR count). The van der Waals surface area contributed by atoms with Crippen molar-refractivity contribution in [2.24, 2.45) is 0 Å². The molecule has 2 aromatic rings. The van der Waals surface area contributed by atoms with E-state index >= 15 is 0 Å². The number of benzene rings is 1. The first-order valence-corrected chi connectivity index (χ1v) is 9.38. The monoisotopic (exact) mass is 388 g/mol. The number of thioether (sulfide) groups is 1. The van der Waals surface area contributed by atoms with E-state index in [2.05, 4.69) is 10.4 Å². The highest BCUT2D eigenvalue weighted by Crippen LogP contribution is 2.32. The standard InChI is InChI=1S/C18H20N4O4S/c1-11(2)22-16(24)10-27-14-8-19-21(18(25)17(14)22)9-15(23)20-12-4-6-13(26-3)7-5-12/h4-8,11H,9-10H2,1-3H3,(H,20,23). The number of carbonyl (C=O) groups excluding carboxylic acids is 2. The molecule has 1 aromatic carbocycles. The van der Waals surface area contributed by atoms with Gasteiger partial charge in [-0.05, 0) is 38.1 Å². The number of nitrogens with one attached hydrogen (secondary N) is 1. The minimum atomic E-state index is -0.452. The third-order valence-corrected chi connectivity index (χ3v) is 5.03. The second-order valence-electron chi connectivity index (χ2n) is 6.24. The lowest BCUT2D eigenvalue weighted by atomic mass is 10.2. The predicted molar refractivity (Wildman–Crippen MR) is 103 cm³/mol. The Labute approximate surface area is 160 Å². The van der Waals surface area contributed by atoms with Crippen LogP contribution in [0.25, 0.3) is 0 Å². The Bertz CT molecular complexity index is 924. The van der Waals surface area contributed by atoms with Gasteiger partial charge in [-0.15, -0.1) is 11.8 Å². The van der Waals surface area contributed by atoms with Crippen molar-refractivity contribution in [1.82, 2.24) is 9.78 Å². The number of hydrogen-bond donors (Lipinski definition) is 1. The van der Waals surface area contributed by atoms with Crippen LogP contribution in [0.5, 0.6) is 5.75 Å². The van der Waals surface area contributed by atoms with Crippen LogP contribution in [0.3, 0.4) is 0 Å². The van der Waals surface area contributed by atoms with Crippen molar-refractivity contribution in [1.29, 1.82) is 0 Å². The first kappa shape index (κ1) is 19.0. The second kappa shape index (κ2) is 7.83. The molecule has 1 N–H and O–H groups in total. The summed E-state index contributed by atoms with van der Waals surface area (Å²) in [5, 5.41) is 6.80. The Morgan fingerprint density at radius 1 is 1.30 bits per heavy atom. The van der Waals surface area contributed by atoms with Crippen LogP contribution in [-0.4, -0.2) is 40.5 Å². The van der Waals surface area contributed by atoms with Crippen LogP contribution in [0.2, 0.25) is 0 Å². The number of ether oxygens (including phenoxy) is 1. The van der Waals surface area contributed by atoms with E-state index in [1.165, 1.54) is 22.9 Å². The van der Waals surface area contributed by atoms with Crippen LogP contribution in [0, 0.1) is 0 Å². The quantitative estimate of drug-likeness (QED) is 0.839. The van der Waals surface area contributed by atoms with Crippen molar-refractivity contribution in [3.63, 3.8) is 0 Å². The summed E-state index contributed by atoms with van der Waals surface area (Å²) in [6.07, 6.45) is 1.53. The van der Waals surface area contributed by atoms with Crippen molar-refractivity contribution >= 4 is 35.0 Å². The van der Waals surface area contributed by atoms with Crippen LogP contribution in [0.1, 0.15) is 13.8 Å². The minimum absolute atomic E-state index is 0.125. The number of anilines is 2. The van der Waals surface area contributed by atoms with Crippen molar-refractivity contribution < 1.29 is 14.3 Å². The molecule has 0 fully saturated rings. The molecule has 2 amide bonds. The topological polar surface area (TPSA) is 93.5 Å². The smallest absolute Gasteiger partial charge is 0.292 e. The SMILES string of the molecule is COc1ccc(NC(=O)Cn2ncc3c(c2=O)N(C(C)C)C(=O)CS3)cc1. The predicted octanol–water partition coefficient (Wildman–Crippen LogP) is 1.74. The van der Waals surface area contributed by atoms with Crippen molar-refractivity contribution in [3.05, 3.63) is 40.8 Å². The zero-order chi connectivity index (χ0) is 19.6. The molecule has 0 spiro atoms. The molecule has 0 radical (unpaired) electrons.